The van der Waals surface area contributed by atoms with Crippen LogP contribution in [0.2, 0.25) is 0 Å². The topological polar surface area (TPSA) is 69.6 Å². The molecule has 3 N–H and O–H groups in total. The van der Waals surface area contributed by atoms with Crippen LogP contribution in [0.5, 0.6) is 0 Å². The Balaban J connectivity index is 2.09. The van der Waals surface area contributed by atoms with Crippen LogP contribution in [0, 0.1) is 5.92 Å². The molecule has 94 valence electrons. The highest BCUT2D eigenvalue weighted by Crippen LogP contribution is 2.20. The quantitative estimate of drug-likeness (QED) is 0.529. The summed E-state index contributed by atoms with van der Waals surface area (Å²) < 4.78 is 0. The third-order valence-corrected chi connectivity index (χ3v) is 3.91. The van der Waals surface area contributed by atoms with Crippen LogP contribution in [0.4, 0.5) is 0 Å². The van der Waals surface area contributed by atoms with Crippen LogP contribution in [0.15, 0.2) is 0 Å². The van der Waals surface area contributed by atoms with Crippen molar-refractivity contribution in [2.75, 3.05) is 18.1 Å². The normalized spacial score (nSPS) is 19.4. The van der Waals surface area contributed by atoms with E-state index in [2.05, 4.69) is 5.32 Å². The van der Waals surface area contributed by atoms with E-state index in [1.165, 1.54) is 0 Å². The van der Waals surface area contributed by atoms with Crippen molar-refractivity contribution in [1.29, 1.82) is 0 Å². The molecule has 0 aromatic carbocycles. The summed E-state index contributed by atoms with van der Waals surface area (Å²) in [6.45, 7) is 2.19. The van der Waals surface area contributed by atoms with E-state index in [0.29, 0.717) is 18.4 Å². The van der Waals surface area contributed by atoms with Gasteiger partial charge in [-0.15, -0.1) is 0 Å². The van der Waals surface area contributed by atoms with Gasteiger partial charge < -0.3 is 15.5 Å². The molecule has 0 saturated heterocycles. The number of carboxylic acids is 1. The number of thioether (sulfide) groups is 1. The van der Waals surface area contributed by atoms with Crippen LogP contribution in [0.3, 0.4) is 0 Å². The molecule has 5 heteroatoms. The predicted octanol–water partition coefficient (Wildman–Crippen LogP) is 0.943. The fraction of sp³-hybridized carbons (Fsp3) is 0.909. The number of hydrogen-bond acceptors (Lipinski definition) is 4. The summed E-state index contributed by atoms with van der Waals surface area (Å²) in [5.74, 6) is 1.28. The maximum atomic E-state index is 10.9. The van der Waals surface area contributed by atoms with E-state index < -0.39 is 12.0 Å². The molecule has 0 amide bonds. The van der Waals surface area contributed by atoms with Gasteiger partial charge in [-0.2, -0.15) is 11.8 Å². The molecule has 0 aromatic rings. The monoisotopic (exact) mass is 247 g/mol. The van der Waals surface area contributed by atoms with Gasteiger partial charge in [0.1, 0.15) is 6.04 Å². The SMILES string of the molecule is CC(CO)CSCCC(NC1CC1)C(=O)O. The smallest absolute Gasteiger partial charge is 0.320 e. The third kappa shape index (κ3) is 5.72. The average molecular weight is 247 g/mol. The van der Waals surface area contributed by atoms with E-state index in [4.69, 9.17) is 10.2 Å². The lowest BCUT2D eigenvalue weighted by Gasteiger charge is -2.14. The maximum absolute atomic E-state index is 10.9. The molecule has 0 aliphatic heterocycles. The highest BCUT2D eigenvalue weighted by Gasteiger charge is 2.27. The summed E-state index contributed by atoms with van der Waals surface area (Å²) in [6, 6.07) is 0.0342. The Morgan fingerprint density at radius 2 is 2.25 bits per heavy atom. The first-order valence-corrected chi connectivity index (χ1v) is 6.96. The van der Waals surface area contributed by atoms with Crippen LogP contribution >= 0.6 is 11.8 Å². The predicted molar refractivity (Wildman–Crippen MR) is 65.8 cm³/mol. The lowest BCUT2D eigenvalue weighted by atomic mass is 10.2. The van der Waals surface area contributed by atoms with Gasteiger partial charge in [-0.05, 0) is 36.7 Å². The van der Waals surface area contributed by atoms with Crippen molar-refractivity contribution in [3.63, 3.8) is 0 Å². The number of aliphatic carboxylic acids is 1. The minimum absolute atomic E-state index is 0.204. The second-order valence-electron chi connectivity index (χ2n) is 4.48. The zero-order chi connectivity index (χ0) is 12.0. The first-order chi connectivity index (χ1) is 7.63. The van der Waals surface area contributed by atoms with Crippen molar-refractivity contribution in [3.05, 3.63) is 0 Å². The second kappa shape index (κ2) is 7.14. The standard InChI is InChI=1S/C11H21NO3S/c1-8(6-13)7-16-5-4-10(11(14)15)12-9-2-3-9/h8-10,12-13H,2-7H2,1H3,(H,14,15). The lowest BCUT2D eigenvalue weighted by molar-refractivity contribution is -0.139. The van der Waals surface area contributed by atoms with E-state index in [-0.39, 0.29) is 6.61 Å². The van der Waals surface area contributed by atoms with Gasteiger partial charge in [0, 0.05) is 12.6 Å². The molecule has 0 aromatic heterocycles. The molecule has 0 heterocycles. The molecule has 1 aliphatic rings. The lowest BCUT2D eigenvalue weighted by Crippen LogP contribution is -2.38. The molecular formula is C11H21NO3S. The number of nitrogens with one attached hydrogen (secondary N) is 1. The van der Waals surface area contributed by atoms with Gasteiger partial charge >= 0.3 is 5.97 Å². The van der Waals surface area contributed by atoms with Gasteiger partial charge in [0.25, 0.3) is 0 Å². The number of hydrogen-bond donors (Lipinski definition) is 3. The number of aliphatic hydroxyl groups excluding tert-OH is 1. The zero-order valence-corrected chi connectivity index (χ0v) is 10.5. The highest BCUT2D eigenvalue weighted by molar-refractivity contribution is 7.99. The molecule has 1 aliphatic carbocycles. The summed E-state index contributed by atoms with van der Waals surface area (Å²) >= 11 is 1.72. The number of carboxylic acid groups (broad SMARTS) is 1. The van der Waals surface area contributed by atoms with Gasteiger partial charge in [0.2, 0.25) is 0 Å². The van der Waals surface area contributed by atoms with Gasteiger partial charge in [-0.3, -0.25) is 4.79 Å². The van der Waals surface area contributed by atoms with E-state index in [1.807, 2.05) is 6.92 Å². The van der Waals surface area contributed by atoms with Crippen molar-refractivity contribution in [1.82, 2.24) is 5.32 Å². The zero-order valence-electron chi connectivity index (χ0n) is 9.69. The largest absolute Gasteiger partial charge is 0.480 e. The Morgan fingerprint density at radius 1 is 1.56 bits per heavy atom. The molecule has 1 fully saturated rings. The minimum Gasteiger partial charge on any atom is -0.480 e. The Labute approximate surface area is 101 Å². The van der Waals surface area contributed by atoms with Crippen molar-refractivity contribution < 1.29 is 15.0 Å². The summed E-state index contributed by atoms with van der Waals surface area (Å²) in [4.78, 5) is 10.9. The summed E-state index contributed by atoms with van der Waals surface area (Å²) in [5, 5.41) is 21.0. The molecule has 1 saturated carbocycles. The van der Waals surface area contributed by atoms with Crippen molar-refractivity contribution in [2.45, 2.75) is 38.3 Å². The Morgan fingerprint density at radius 3 is 2.75 bits per heavy atom. The number of carbonyl (C=O) groups is 1. The highest BCUT2D eigenvalue weighted by atomic mass is 32.2. The van der Waals surface area contributed by atoms with Crippen LogP contribution in [-0.2, 0) is 4.79 Å². The Hall–Kier alpha value is -0.260. The van der Waals surface area contributed by atoms with Crippen molar-refractivity contribution >= 4 is 17.7 Å². The number of aliphatic hydroxyl groups is 1. The van der Waals surface area contributed by atoms with E-state index in [9.17, 15) is 4.79 Å². The second-order valence-corrected chi connectivity index (χ2v) is 5.63. The Bertz CT molecular complexity index is 221. The van der Waals surface area contributed by atoms with Crippen LogP contribution in [0.1, 0.15) is 26.2 Å². The van der Waals surface area contributed by atoms with E-state index in [1.54, 1.807) is 11.8 Å². The molecule has 4 nitrogen and oxygen atoms in total. The maximum Gasteiger partial charge on any atom is 0.320 e. The summed E-state index contributed by atoms with van der Waals surface area (Å²) in [5.41, 5.74) is 0. The van der Waals surface area contributed by atoms with Gasteiger partial charge in [0.05, 0.1) is 0 Å². The summed E-state index contributed by atoms with van der Waals surface area (Å²) in [6.07, 6.45) is 2.88. The van der Waals surface area contributed by atoms with E-state index >= 15 is 0 Å². The first kappa shape index (κ1) is 13.8. The molecule has 2 atom stereocenters. The molecule has 2 unspecified atom stereocenters. The first-order valence-electron chi connectivity index (χ1n) is 5.81. The molecular weight excluding hydrogens is 226 g/mol. The van der Waals surface area contributed by atoms with Crippen molar-refractivity contribution in [2.24, 2.45) is 5.92 Å². The minimum atomic E-state index is -0.747. The van der Waals surface area contributed by atoms with Gasteiger partial charge in [-0.1, -0.05) is 6.92 Å². The summed E-state index contributed by atoms with van der Waals surface area (Å²) in [7, 11) is 0. The number of rotatable bonds is 9. The van der Waals surface area contributed by atoms with Crippen LogP contribution in [0.25, 0.3) is 0 Å². The molecule has 0 radical (unpaired) electrons. The van der Waals surface area contributed by atoms with Crippen molar-refractivity contribution in [3.8, 4) is 0 Å². The van der Waals surface area contributed by atoms with Crippen LogP contribution in [-0.4, -0.2) is 46.4 Å². The van der Waals surface area contributed by atoms with Gasteiger partial charge in [0.15, 0.2) is 0 Å². The molecule has 0 bridgehead atoms. The fourth-order valence-corrected chi connectivity index (χ4v) is 2.43. The fourth-order valence-electron chi connectivity index (χ4n) is 1.35. The molecule has 16 heavy (non-hydrogen) atoms. The average Bonchev–Trinajstić information content (AvgIpc) is 3.05. The molecule has 0 spiro atoms. The van der Waals surface area contributed by atoms with Crippen LogP contribution < -0.4 is 5.32 Å². The van der Waals surface area contributed by atoms with E-state index in [0.717, 1.165) is 24.3 Å². The van der Waals surface area contributed by atoms with Gasteiger partial charge in [-0.25, -0.2) is 0 Å². The molecule has 1 rings (SSSR count). The third-order valence-electron chi connectivity index (χ3n) is 2.58. The Kier molecular flexibility index (Phi) is 6.16.